The van der Waals surface area contributed by atoms with Crippen LogP contribution in [0.25, 0.3) is 22.7 Å². The maximum Gasteiger partial charge on any atom is 0.331 e. The molecule has 2 heterocycles. The molecule has 0 bridgehead atoms. The molecule has 0 saturated heterocycles. The van der Waals surface area contributed by atoms with Crippen molar-refractivity contribution in [1.82, 2.24) is 9.78 Å². The molecule has 2 aromatic heterocycles. The summed E-state index contributed by atoms with van der Waals surface area (Å²) in [5.41, 5.74) is 2.22. The monoisotopic (exact) mass is 478 g/mol. The number of hydrogen-bond donors (Lipinski definition) is 1. The van der Waals surface area contributed by atoms with Gasteiger partial charge in [0.2, 0.25) is 5.76 Å². The Morgan fingerprint density at radius 2 is 2.00 bits per heavy atom. The molecule has 8 nitrogen and oxygen atoms in total. The van der Waals surface area contributed by atoms with Gasteiger partial charge in [-0.3, -0.25) is 4.79 Å². The average Bonchev–Trinajstić information content (AvgIpc) is 3.33. The lowest BCUT2D eigenvalue weighted by Gasteiger charge is -2.04. The summed E-state index contributed by atoms with van der Waals surface area (Å²) >= 11 is 6.37. The highest BCUT2D eigenvalue weighted by atomic mass is 35.5. The lowest BCUT2D eigenvalue weighted by Crippen LogP contribution is -2.20. The third-order valence-electron chi connectivity index (χ3n) is 4.81. The molecule has 1 N–H and O–H groups in total. The van der Waals surface area contributed by atoms with Gasteiger partial charge in [0.15, 0.2) is 6.61 Å². The standard InChI is InChI=1S/C24H16ClFN4O4/c1-14-17(24(25)30(29-14)16-8-6-15(26)7-9-16)10-11-22(32)33-13-21(31)28-23-18-4-2-3-5-19(18)34-20(23)12-27/h2-11H,13H2,1H3,(H,28,31)/b11-10+. The average molecular weight is 479 g/mol. The van der Waals surface area contributed by atoms with Crippen molar-refractivity contribution in [1.29, 1.82) is 5.26 Å². The fourth-order valence-electron chi connectivity index (χ4n) is 3.21. The molecule has 1 amide bonds. The van der Waals surface area contributed by atoms with Gasteiger partial charge >= 0.3 is 5.97 Å². The van der Waals surface area contributed by atoms with Crippen LogP contribution in [0.1, 0.15) is 17.0 Å². The van der Waals surface area contributed by atoms with E-state index in [2.05, 4.69) is 10.4 Å². The summed E-state index contributed by atoms with van der Waals surface area (Å²) in [7, 11) is 0. The second kappa shape index (κ2) is 9.60. The molecule has 0 fully saturated rings. The molecule has 170 valence electrons. The lowest BCUT2D eigenvalue weighted by molar-refractivity contribution is -0.142. The number of carbonyl (C=O) groups is 2. The molecule has 0 aliphatic carbocycles. The Balaban J connectivity index is 1.40. The molecule has 10 heteroatoms. The van der Waals surface area contributed by atoms with E-state index in [0.29, 0.717) is 27.9 Å². The van der Waals surface area contributed by atoms with Crippen LogP contribution in [-0.4, -0.2) is 28.3 Å². The predicted octanol–water partition coefficient (Wildman–Crippen LogP) is 4.79. The summed E-state index contributed by atoms with van der Waals surface area (Å²) in [5, 5.41) is 16.9. The van der Waals surface area contributed by atoms with Crippen LogP contribution in [0.2, 0.25) is 5.15 Å². The largest absolute Gasteiger partial charge is 0.452 e. The Kier molecular flexibility index (Phi) is 6.43. The molecule has 4 rings (SSSR count). The maximum absolute atomic E-state index is 13.2. The van der Waals surface area contributed by atoms with Crippen LogP contribution in [0.3, 0.4) is 0 Å². The number of hydrogen-bond acceptors (Lipinski definition) is 6. The molecule has 2 aromatic carbocycles. The van der Waals surface area contributed by atoms with Crippen molar-refractivity contribution in [3.05, 3.63) is 82.6 Å². The van der Waals surface area contributed by atoms with Crippen LogP contribution in [0.15, 0.2) is 59.0 Å². The minimum absolute atomic E-state index is 0.0518. The lowest BCUT2D eigenvalue weighted by atomic mass is 10.2. The summed E-state index contributed by atoms with van der Waals surface area (Å²) in [6, 6.07) is 14.3. The number of para-hydroxylation sites is 1. The van der Waals surface area contributed by atoms with Crippen LogP contribution in [0.4, 0.5) is 10.1 Å². The van der Waals surface area contributed by atoms with Crippen molar-refractivity contribution < 1.29 is 23.1 Å². The van der Waals surface area contributed by atoms with Crippen LogP contribution >= 0.6 is 11.6 Å². The number of nitrogens with one attached hydrogen (secondary N) is 1. The first-order valence-corrected chi connectivity index (χ1v) is 10.3. The second-order valence-electron chi connectivity index (χ2n) is 7.08. The van der Waals surface area contributed by atoms with E-state index in [1.807, 2.05) is 6.07 Å². The summed E-state index contributed by atoms with van der Waals surface area (Å²) in [5.74, 6) is -1.86. The molecular weight excluding hydrogens is 463 g/mol. The molecule has 0 aliphatic rings. The van der Waals surface area contributed by atoms with E-state index in [1.165, 1.54) is 35.0 Å². The molecule has 34 heavy (non-hydrogen) atoms. The van der Waals surface area contributed by atoms with Gasteiger partial charge in [-0.2, -0.15) is 10.4 Å². The number of esters is 1. The number of rotatable bonds is 6. The van der Waals surface area contributed by atoms with Gasteiger partial charge in [-0.05, 0) is 49.4 Å². The first-order chi connectivity index (χ1) is 16.4. The van der Waals surface area contributed by atoms with E-state index in [9.17, 15) is 19.2 Å². The van der Waals surface area contributed by atoms with E-state index in [-0.39, 0.29) is 22.4 Å². The highest BCUT2D eigenvalue weighted by Gasteiger charge is 2.17. The number of fused-ring (bicyclic) bond motifs is 1. The summed E-state index contributed by atoms with van der Waals surface area (Å²) < 4.78 is 25.0. The molecule has 0 aliphatic heterocycles. The minimum Gasteiger partial charge on any atom is -0.452 e. The Morgan fingerprint density at radius 1 is 1.26 bits per heavy atom. The normalized spacial score (nSPS) is 11.0. The van der Waals surface area contributed by atoms with E-state index in [1.54, 1.807) is 31.2 Å². The number of aryl methyl sites for hydroxylation is 1. The molecule has 4 aromatic rings. The number of furan rings is 1. The Labute approximate surface area is 197 Å². The van der Waals surface area contributed by atoms with Gasteiger partial charge in [0.1, 0.15) is 28.3 Å². The fraction of sp³-hybridized carbons (Fsp3) is 0.0833. The van der Waals surface area contributed by atoms with E-state index >= 15 is 0 Å². The zero-order valence-corrected chi connectivity index (χ0v) is 18.5. The van der Waals surface area contributed by atoms with Gasteiger partial charge < -0.3 is 14.5 Å². The number of nitrogens with zero attached hydrogens (tertiary/aromatic N) is 3. The number of nitriles is 1. The topological polar surface area (TPSA) is 110 Å². The highest BCUT2D eigenvalue weighted by molar-refractivity contribution is 6.31. The zero-order valence-electron chi connectivity index (χ0n) is 17.7. The third kappa shape index (κ3) is 4.67. The second-order valence-corrected chi connectivity index (χ2v) is 7.44. The van der Waals surface area contributed by atoms with Crippen molar-refractivity contribution >= 4 is 46.2 Å². The summed E-state index contributed by atoms with van der Waals surface area (Å²) in [6.45, 7) is 1.13. The van der Waals surface area contributed by atoms with Crippen molar-refractivity contribution in [2.75, 3.05) is 11.9 Å². The van der Waals surface area contributed by atoms with E-state index in [0.717, 1.165) is 6.08 Å². The third-order valence-corrected chi connectivity index (χ3v) is 5.18. The SMILES string of the molecule is Cc1nn(-c2ccc(F)cc2)c(Cl)c1/C=C/C(=O)OCC(=O)Nc1c(C#N)oc2ccccc12. The van der Waals surface area contributed by atoms with Crippen LogP contribution in [0.5, 0.6) is 0 Å². The number of ether oxygens (including phenoxy) is 1. The summed E-state index contributed by atoms with van der Waals surface area (Å²) in [6.07, 6.45) is 2.54. The van der Waals surface area contributed by atoms with Gasteiger partial charge in [-0.25, -0.2) is 13.9 Å². The van der Waals surface area contributed by atoms with Crippen molar-refractivity contribution in [2.24, 2.45) is 0 Å². The number of amides is 1. The molecule has 0 spiro atoms. The van der Waals surface area contributed by atoms with E-state index < -0.39 is 18.5 Å². The van der Waals surface area contributed by atoms with E-state index in [4.69, 9.17) is 20.8 Å². The van der Waals surface area contributed by atoms with Crippen molar-refractivity contribution in [3.63, 3.8) is 0 Å². The zero-order chi connectivity index (χ0) is 24.2. The molecule has 0 radical (unpaired) electrons. The number of anilines is 1. The van der Waals surface area contributed by atoms with Gasteiger partial charge in [-0.1, -0.05) is 23.7 Å². The minimum atomic E-state index is -0.780. The van der Waals surface area contributed by atoms with Gasteiger partial charge in [0.05, 0.1) is 11.4 Å². The van der Waals surface area contributed by atoms with Crippen LogP contribution in [0, 0.1) is 24.1 Å². The quantitative estimate of drug-likeness (QED) is 0.315. The first-order valence-electron chi connectivity index (χ1n) is 9.94. The number of aromatic nitrogens is 2. The fourth-order valence-corrected chi connectivity index (χ4v) is 3.55. The number of benzene rings is 2. The smallest absolute Gasteiger partial charge is 0.331 e. The van der Waals surface area contributed by atoms with Gasteiger partial charge in [0.25, 0.3) is 5.91 Å². The van der Waals surface area contributed by atoms with Crippen LogP contribution < -0.4 is 5.32 Å². The maximum atomic E-state index is 13.2. The molecule has 0 unspecified atom stereocenters. The molecular formula is C24H16ClFN4O4. The number of carbonyl (C=O) groups excluding carboxylic acids is 2. The Morgan fingerprint density at radius 3 is 2.74 bits per heavy atom. The van der Waals surface area contributed by atoms with Crippen LogP contribution in [-0.2, 0) is 14.3 Å². The Bertz CT molecular complexity index is 1460. The number of halogens is 2. The summed E-state index contributed by atoms with van der Waals surface area (Å²) in [4.78, 5) is 24.4. The first kappa shape index (κ1) is 22.8. The highest BCUT2D eigenvalue weighted by Crippen LogP contribution is 2.30. The van der Waals surface area contributed by atoms with Crippen molar-refractivity contribution in [2.45, 2.75) is 6.92 Å². The van der Waals surface area contributed by atoms with Gasteiger partial charge in [-0.15, -0.1) is 0 Å². The van der Waals surface area contributed by atoms with Gasteiger partial charge in [0, 0.05) is 17.0 Å². The predicted molar refractivity (Wildman–Crippen MR) is 123 cm³/mol. The molecule has 0 saturated carbocycles. The van der Waals surface area contributed by atoms with Crippen molar-refractivity contribution in [3.8, 4) is 11.8 Å². The molecule has 0 atom stereocenters. The Hall–Kier alpha value is -4.42.